The number of ether oxygens (including phenoxy) is 1. The standard InChI is InChI=1S/C15H25N3O2/c1-5-13-12(4)15(11(2)3)18(16-13)7-6-17-8-9-20-10-14(17)19/h11H,5-10H2,1-4H3. The lowest BCUT2D eigenvalue weighted by molar-refractivity contribution is -0.142. The van der Waals surface area contributed by atoms with Crippen molar-refractivity contribution in [1.82, 2.24) is 14.7 Å². The summed E-state index contributed by atoms with van der Waals surface area (Å²) >= 11 is 0. The van der Waals surface area contributed by atoms with E-state index in [-0.39, 0.29) is 12.5 Å². The van der Waals surface area contributed by atoms with Gasteiger partial charge in [0.05, 0.1) is 18.8 Å². The van der Waals surface area contributed by atoms with Crippen molar-refractivity contribution in [2.45, 2.75) is 46.6 Å². The second-order valence-corrected chi connectivity index (χ2v) is 5.62. The van der Waals surface area contributed by atoms with Gasteiger partial charge in [0.15, 0.2) is 0 Å². The third-order valence-corrected chi connectivity index (χ3v) is 3.88. The van der Waals surface area contributed by atoms with Gasteiger partial charge in [0.1, 0.15) is 6.61 Å². The molecule has 112 valence electrons. The Balaban J connectivity index is 2.10. The highest BCUT2D eigenvalue weighted by Crippen LogP contribution is 2.22. The third-order valence-electron chi connectivity index (χ3n) is 3.88. The summed E-state index contributed by atoms with van der Waals surface area (Å²) < 4.78 is 7.24. The van der Waals surface area contributed by atoms with Gasteiger partial charge >= 0.3 is 0 Å². The Bertz CT molecular complexity index is 480. The molecule has 20 heavy (non-hydrogen) atoms. The van der Waals surface area contributed by atoms with E-state index in [9.17, 15) is 4.79 Å². The van der Waals surface area contributed by atoms with E-state index in [4.69, 9.17) is 9.84 Å². The van der Waals surface area contributed by atoms with Crippen LogP contribution in [0.2, 0.25) is 0 Å². The van der Waals surface area contributed by atoms with Crippen molar-refractivity contribution in [3.8, 4) is 0 Å². The van der Waals surface area contributed by atoms with Crippen LogP contribution in [0.25, 0.3) is 0 Å². The van der Waals surface area contributed by atoms with Crippen LogP contribution in [0.5, 0.6) is 0 Å². The van der Waals surface area contributed by atoms with E-state index in [0.717, 1.165) is 13.0 Å². The van der Waals surface area contributed by atoms with E-state index in [1.54, 1.807) is 0 Å². The number of hydrogen-bond acceptors (Lipinski definition) is 3. The minimum absolute atomic E-state index is 0.0851. The second kappa shape index (κ2) is 6.39. The van der Waals surface area contributed by atoms with Crippen molar-refractivity contribution < 1.29 is 9.53 Å². The van der Waals surface area contributed by atoms with Crippen molar-refractivity contribution in [3.05, 3.63) is 17.0 Å². The van der Waals surface area contributed by atoms with Crippen molar-refractivity contribution in [2.24, 2.45) is 0 Å². The molecular formula is C15H25N3O2. The lowest BCUT2D eigenvalue weighted by Crippen LogP contribution is -2.43. The van der Waals surface area contributed by atoms with Crippen molar-refractivity contribution in [1.29, 1.82) is 0 Å². The largest absolute Gasteiger partial charge is 0.370 e. The Kier molecular flexibility index (Phi) is 4.81. The average Bonchev–Trinajstić information content (AvgIpc) is 2.74. The van der Waals surface area contributed by atoms with Crippen LogP contribution in [-0.2, 0) is 22.5 Å². The van der Waals surface area contributed by atoms with Crippen LogP contribution >= 0.6 is 0 Å². The summed E-state index contributed by atoms with van der Waals surface area (Å²) in [5.74, 6) is 0.533. The molecule has 2 heterocycles. The maximum Gasteiger partial charge on any atom is 0.248 e. The maximum absolute atomic E-state index is 11.7. The van der Waals surface area contributed by atoms with Crippen molar-refractivity contribution in [2.75, 3.05) is 26.3 Å². The summed E-state index contributed by atoms with van der Waals surface area (Å²) in [7, 11) is 0. The first kappa shape index (κ1) is 15.0. The monoisotopic (exact) mass is 279 g/mol. The molecule has 1 aromatic rings. The Labute approximate surface area is 120 Å². The summed E-state index contributed by atoms with van der Waals surface area (Å²) in [5.41, 5.74) is 3.76. The van der Waals surface area contributed by atoms with Gasteiger partial charge in [-0.2, -0.15) is 5.10 Å². The number of rotatable bonds is 5. The molecule has 1 aliphatic heterocycles. The predicted molar refractivity (Wildman–Crippen MR) is 77.8 cm³/mol. The van der Waals surface area contributed by atoms with Crippen LogP contribution in [-0.4, -0.2) is 46.9 Å². The highest BCUT2D eigenvalue weighted by atomic mass is 16.5. The zero-order valence-corrected chi connectivity index (χ0v) is 13.0. The molecule has 0 aliphatic carbocycles. The molecule has 0 atom stereocenters. The number of morpholine rings is 1. The summed E-state index contributed by atoms with van der Waals surface area (Å²) in [5, 5.41) is 4.71. The van der Waals surface area contributed by atoms with Gasteiger partial charge in [0, 0.05) is 18.8 Å². The topological polar surface area (TPSA) is 47.4 Å². The Morgan fingerprint density at radius 2 is 2.10 bits per heavy atom. The fourth-order valence-electron chi connectivity index (χ4n) is 2.86. The molecule has 0 spiro atoms. The lowest BCUT2D eigenvalue weighted by atomic mass is 10.0. The predicted octanol–water partition coefficient (Wildman–Crippen LogP) is 1.74. The van der Waals surface area contributed by atoms with Gasteiger partial charge < -0.3 is 9.64 Å². The van der Waals surface area contributed by atoms with Crippen LogP contribution in [0.3, 0.4) is 0 Å². The Hall–Kier alpha value is -1.36. The van der Waals surface area contributed by atoms with Crippen LogP contribution in [0.1, 0.15) is 43.6 Å². The minimum Gasteiger partial charge on any atom is -0.370 e. The van der Waals surface area contributed by atoms with Crippen molar-refractivity contribution >= 4 is 5.91 Å². The van der Waals surface area contributed by atoms with Gasteiger partial charge in [-0.25, -0.2) is 0 Å². The van der Waals surface area contributed by atoms with E-state index >= 15 is 0 Å². The molecular weight excluding hydrogens is 254 g/mol. The molecule has 5 nitrogen and oxygen atoms in total. The van der Waals surface area contributed by atoms with Gasteiger partial charge in [-0.15, -0.1) is 0 Å². The van der Waals surface area contributed by atoms with Crippen LogP contribution in [0.15, 0.2) is 0 Å². The molecule has 2 rings (SSSR count). The van der Waals surface area contributed by atoms with Gasteiger partial charge in [0.25, 0.3) is 0 Å². The summed E-state index contributed by atoms with van der Waals surface area (Å²) in [6.45, 7) is 11.7. The van der Waals surface area contributed by atoms with E-state index < -0.39 is 0 Å². The second-order valence-electron chi connectivity index (χ2n) is 5.62. The smallest absolute Gasteiger partial charge is 0.248 e. The molecule has 1 aliphatic rings. The molecule has 0 radical (unpaired) electrons. The first-order chi connectivity index (χ1) is 9.54. The van der Waals surface area contributed by atoms with Crippen molar-refractivity contribution in [3.63, 3.8) is 0 Å². The van der Waals surface area contributed by atoms with E-state index in [0.29, 0.717) is 25.6 Å². The third kappa shape index (κ3) is 3.03. The molecule has 5 heteroatoms. The molecule has 1 saturated heterocycles. The normalized spacial score (nSPS) is 16.2. The van der Waals surface area contributed by atoms with Crippen LogP contribution in [0, 0.1) is 6.92 Å². The molecule has 1 amide bonds. The number of nitrogens with zero attached hydrogens (tertiary/aromatic N) is 3. The molecule has 1 fully saturated rings. The zero-order chi connectivity index (χ0) is 14.7. The number of amides is 1. The Morgan fingerprint density at radius 1 is 1.35 bits per heavy atom. The molecule has 0 aromatic carbocycles. The number of hydrogen-bond donors (Lipinski definition) is 0. The van der Waals surface area contributed by atoms with E-state index in [1.165, 1.54) is 17.0 Å². The number of carbonyl (C=O) groups excluding carboxylic acids is 1. The Morgan fingerprint density at radius 3 is 2.70 bits per heavy atom. The number of aromatic nitrogens is 2. The van der Waals surface area contributed by atoms with Gasteiger partial charge in [-0.1, -0.05) is 20.8 Å². The minimum atomic E-state index is 0.0851. The summed E-state index contributed by atoms with van der Waals surface area (Å²) in [6.07, 6.45) is 0.953. The maximum atomic E-state index is 11.7. The molecule has 0 N–H and O–H groups in total. The highest BCUT2D eigenvalue weighted by Gasteiger charge is 2.20. The fraction of sp³-hybridized carbons (Fsp3) is 0.733. The lowest BCUT2D eigenvalue weighted by Gasteiger charge is -2.27. The van der Waals surface area contributed by atoms with E-state index in [2.05, 4.69) is 32.4 Å². The number of aryl methyl sites for hydroxylation is 1. The average molecular weight is 279 g/mol. The van der Waals surface area contributed by atoms with Crippen LogP contribution in [0.4, 0.5) is 0 Å². The first-order valence-electron chi connectivity index (χ1n) is 7.46. The molecule has 0 saturated carbocycles. The van der Waals surface area contributed by atoms with E-state index in [1.807, 2.05) is 4.90 Å². The first-order valence-corrected chi connectivity index (χ1v) is 7.46. The quantitative estimate of drug-likeness (QED) is 0.825. The van der Waals surface area contributed by atoms with Gasteiger partial charge in [0.2, 0.25) is 5.91 Å². The molecule has 0 bridgehead atoms. The summed E-state index contributed by atoms with van der Waals surface area (Å²) in [6, 6.07) is 0. The zero-order valence-electron chi connectivity index (χ0n) is 13.0. The molecule has 1 aromatic heterocycles. The highest BCUT2D eigenvalue weighted by molar-refractivity contribution is 5.77. The summed E-state index contributed by atoms with van der Waals surface area (Å²) in [4.78, 5) is 13.6. The van der Waals surface area contributed by atoms with Crippen LogP contribution < -0.4 is 0 Å². The van der Waals surface area contributed by atoms with Gasteiger partial charge in [-0.3, -0.25) is 9.48 Å². The SMILES string of the molecule is CCc1nn(CCN2CCOCC2=O)c(C(C)C)c1C. The fourth-order valence-corrected chi connectivity index (χ4v) is 2.86. The van der Waals surface area contributed by atoms with Gasteiger partial charge in [-0.05, 0) is 24.8 Å². The molecule has 0 unspecified atom stereocenters. The number of carbonyl (C=O) groups is 1.